The second-order valence-electron chi connectivity index (χ2n) is 6.20. The number of carbonyl (C=O) groups is 2. The molecule has 0 radical (unpaired) electrons. The summed E-state index contributed by atoms with van der Waals surface area (Å²) in [6.45, 7) is 5.96. The average molecular weight is 451 g/mol. The summed E-state index contributed by atoms with van der Waals surface area (Å²) < 4.78 is 21.9. The lowest BCUT2D eigenvalue weighted by molar-refractivity contribution is -0.141. The molecule has 0 saturated heterocycles. The molecule has 1 unspecified atom stereocenters. The fraction of sp³-hybridized carbons (Fsp3) is 0.333. The van der Waals surface area contributed by atoms with Crippen LogP contribution in [0.3, 0.4) is 0 Å². The fourth-order valence-electron chi connectivity index (χ4n) is 2.47. The van der Waals surface area contributed by atoms with Crippen LogP contribution in [0.4, 0.5) is 0 Å². The number of esters is 2. The van der Waals surface area contributed by atoms with Gasteiger partial charge in [-0.2, -0.15) is 0 Å². The zero-order chi connectivity index (χ0) is 20.7. The number of halogens is 1. The van der Waals surface area contributed by atoms with Crippen LogP contribution in [-0.2, 0) is 14.3 Å². The normalized spacial score (nSPS) is 11.6. The molecule has 0 saturated carbocycles. The van der Waals surface area contributed by atoms with E-state index < -0.39 is 18.0 Å². The molecule has 0 aliphatic rings. The van der Waals surface area contributed by atoms with E-state index in [2.05, 4.69) is 15.9 Å². The first-order chi connectivity index (χ1) is 13.3. The standard InChI is InChI=1S/C21H23BrO6/c1-13-11-17(22)12-14(2)19(13)27-15(3)20(23)28-18-7-5-16(6-8-18)21(24)26-10-9-25-4/h5-8,11-12,15H,9-10H2,1-4H3. The Balaban J connectivity index is 1.96. The third-order valence-corrected chi connectivity index (χ3v) is 4.34. The van der Waals surface area contributed by atoms with Crippen molar-refractivity contribution in [2.24, 2.45) is 0 Å². The third-order valence-electron chi connectivity index (χ3n) is 3.88. The Morgan fingerprint density at radius 1 is 1.04 bits per heavy atom. The predicted molar refractivity (Wildman–Crippen MR) is 108 cm³/mol. The highest BCUT2D eigenvalue weighted by Crippen LogP contribution is 2.28. The number of carbonyl (C=O) groups excluding carboxylic acids is 2. The Labute approximate surface area is 172 Å². The molecule has 0 amide bonds. The zero-order valence-corrected chi connectivity index (χ0v) is 17.9. The van der Waals surface area contributed by atoms with E-state index in [1.54, 1.807) is 6.92 Å². The van der Waals surface area contributed by atoms with Crippen molar-refractivity contribution in [3.05, 3.63) is 57.6 Å². The Hall–Kier alpha value is -2.38. The van der Waals surface area contributed by atoms with Crippen molar-refractivity contribution in [1.82, 2.24) is 0 Å². The van der Waals surface area contributed by atoms with E-state index in [1.807, 2.05) is 26.0 Å². The van der Waals surface area contributed by atoms with Crippen LogP contribution in [0.15, 0.2) is 40.9 Å². The van der Waals surface area contributed by atoms with Gasteiger partial charge in [-0.05, 0) is 68.3 Å². The van der Waals surface area contributed by atoms with Crippen molar-refractivity contribution in [2.45, 2.75) is 26.9 Å². The second-order valence-corrected chi connectivity index (χ2v) is 7.12. The van der Waals surface area contributed by atoms with Crippen molar-refractivity contribution in [3.8, 4) is 11.5 Å². The molecule has 2 rings (SSSR count). The van der Waals surface area contributed by atoms with Gasteiger partial charge in [-0.1, -0.05) is 15.9 Å². The molecule has 0 aliphatic heterocycles. The summed E-state index contributed by atoms with van der Waals surface area (Å²) in [6, 6.07) is 9.98. The van der Waals surface area contributed by atoms with E-state index in [0.717, 1.165) is 15.6 Å². The molecule has 6 nitrogen and oxygen atoms in total. The summed E-state index contributed by atoms with van der Waals surface area (Å²) in [7, 11) is 1.53. The van der Waals surface area contributed by atoms with Crippen LogP contribution in [0.1, 0.15) is 28.4 Å². The lowest BCUT2D eigenvalue weighted by atomic mass is 10.1. The van der Waals surface area contributed by atoms with Gasteiger partial charge >= 0.3 is 11.9 Å². The first-order valence-electron chi connectivity index (χ1n) is 8.73. The summed E-state index contributed by atoms with van der Waals surface area (Å²) >= 11 is 3.43. The first-order valence-corrected chi connectivity index (χ1v) is 9.52. The molecule has 0 heterocycles. The van der Waals surface area contributed by atoms with Crippen molar-refractivity contribution >= 4 is 27.9 Å². The van der Waals surface area contributed by atoms with Crippen molar-refractivity contribution in [1.29, 1.82) is 0 Å². The van der Waals surface area contributed by atoms with E-state index in [4.69, 9.17) is 18.9 Å². The monoisotopic (exact) mass is 450 g/mol. The van der Waals surface area contributed by atoms with E-state index in [9.17, 15) is 9.59 Å². The van der Waals surface area contributed by atoms with Crippen LogP contribution in [0, 0.1) is 13.8 Å². The number of rotatable bonds is 8. The number of hydrogen-bond acceptors (Lipinski definition) is 6. The van der Waals surface area contributed by atoms with Crippen LogP contribution in [0.25, 0.3) is 0 Å². The number of aryl methyl sites for hydroxylation is 2. The molecule has 0 spiro atoms. The maximum absolute atomic E-state index is 12.3. The van der Waals surface area contributed by atoms with Crippen LogP contribution in [0.2, 0.25) is 0 Å². The first kappa shape index (κ1) is 21.9. The molecule has 2 aromatic rings. The Morgan fingerprint density at radius 3 is 2.21 bits per heavy atom. The Kier molecular flexibility index (Phi) is 8.02. The van der Waals surface area contributed by atoms with Crippen molar-refractivity contribution in [3.63, 3.8) is 0 Å². The minimum absolute atomic E-state index is 0.176. The van der Waals surface area contributed by atoms with E-state index >= 15 is 0 Å². The molecule has 28 heavy (non-hydrogen) atoms. The van der Waals surface area contributed by atoms with Gasteiger partial charge in [-0.15, -0.1) is 0 Å². The maximum Gasteiger partial charge on any atom is 0.352 e. The minimum atomic E-state index is -0.794. The Morgan fingerprint density at radius 2 is 1.64 bits per heavy atom. The smallest absolute Gasteiger partial charge is 0.352 e. The largest absolute Gasteiger partial charge is 0.478 e. The average Bonchev–Trinajstić information content (AvgIpc) is 2.65. The number of hydrogen-bond donors (Lipinski definition) is 0. The molecule has 0 aliphatic carbocycles. The summed E-state index contributed by atoms with van der Waals surface area (Å²) in [4.78, 5) is 24.2. The summed E-state index contributed by atoms with van der Waals surface area (Å²) in [5, 5.41) is 0. The topological polar surface area (TPSA) is 71.1 Å². The van der Waals surface area contributed by atoms with Gasteiger partial charge in [-0.25, -0.2) is 9.59 Å². The van der Waals surface area contributed by atoms with Crippen LogP contribution in [-0.4, -0.2) is 38.4 Å². The molecule has 0 aromatic heterocycles. The van der Waals surface area contributed by atoms with Gasteiger partial charge in [0.25, 0.3) is 0 Å². The van der Waals surface area contributed by atoms with Gasteiger partial charge in [0.2, 0.25) is 0 Å². The van der Waals surface area contributed by atoms with Gasteiger partial charge in [0.15, 0.2) is 6.10 Å². The molecule has 0 fully saturated rings. The second kappa shape index (κ2) is 10.2. The third kappa shape index (κ3) is 6.07. The van der Waals surface area contributed by atoms with Gasteiger partial charge < -0.3 is 18.9 Å². The summed E-state index contributed by atoms with van der Waals surface area (Å²) in [5.74, 6) is -0.0232. The molecule has 0 N–H and O–H groups in total. The van der Waals surface area contributed by atoms with E-state index in [1.165, 1.54) is 31.4 Å². The summed E-state index contributed by atoms with van der Waals surface area (Å²) in [5.41, 5.74) is 2.20. The lowest BCUT2D eigenvalue weighted by Gasteiger charge is -2.17. The van der Waals surface area contributed by atoms with Crippen LogP contribution < -0.4 is 9.47 Å². The van der Waals surface area contributed by atoms with Crippen LogP contribution in [0.5, 0.6) is 11.5 Å². The van der Waals surface area contributed by atoms with Gasteiger partial charge in [0, 0.05) is 11.6 Å². The van der Waals surface area contributed by atoms with Crippen molar-refractivity contribution in [2.75, 3.05) is 20.3 Å². The SMILES string of the molecule is COCCOC(=O)c1ccc(OC(=O)C(C)Oc2c(C)cc(Br)cc2C)cc1. The van der Waals surface area contributed by atoms with Gasteiger partial charge in [-0.3, -0.25) is 0 Å². The molecule has 2 aromatic carbocycles. The van der Waals surface area contributed by atoms with Gasteiger partial charge in [0.1, 0.15) is 18.1 Å². The highest BCUT2D eigenvalue weighted by atomic mass is 79.9. The molecular weight excluding hydrogens is 428 g/mol. The minimum Gasteiger partial charge on any atom is -0.478 e. The Bertz CT molecular complexity index is 808. The van der Waals surface area contributed by atoms with E-state index in [-0.39, 0.29) is 6.61 Å². The quantitative estimate of drug-likeness (QED) is 0.340. The fourth-order valence-corrected chi connectivity index (χ4v) is 3.15. The molecule has 0 bridgehead atoms. The molecule has 150 valence electrons. The highest BCUT2D eigenvalue weighted by molar-refractivity contribution is 9.10. The number of ether oxygens (including phenoxy) is 4. The lowest BCUT2D eigenvalue weighted by Crippen LogP contribution is -2.29. The van der Waals surface area contributed by atoms with Crippen LogP contribution >= 0.6 is 15.9 Å². The number of methoxy groups -OCH3 is 1. The van der Waals surface area contributed by atoms with Crippen molar-refractivity contribution < 1.29 is 28.5 Å². The van der Waals surface area contributed by atoms with E-state index in [0.29, 0.717) is 23.7 Å². The number of benzene rings is 2. The molecular formula is C21H23BrO6. The highest BCUT2D eigenvalue weighted by Gasteiger charge is 2.20. The zero-order valence-electron chi connectivity index (χ0n) is 16.3. The van der Waals surface area contributed by atoms with Gasteiger partial charge in [0.05, 0.1) is 12.2 Å². The molecule has 1 atom stereocenters. The predicted octanol–water partition coefficient (Wildman–Crippen LogP) is 4.24. The summed E-state index contributed by atoms with van der Waals surface area (Å²) in [6.07, 6.45) is -0.794. The maximum atomic E-state index is 12.3. The molecule has 7 heteroatoms.